The summed E-state index contributed by atoms with van der Waals surface area (Å²) >= 11 is 0. The van der Waals surface area contributed by atoms with Gasteiger partial charge < -0.3 is 15.5 Å². The number of nitrogens with one attached hydrogen (secondary N) is 2. The molecule has 0 fully saturated rings. The molecule has 0 atom stereocenters. The monoisotopic (exact) mass is 510 g/mol. The van der Waals surface area contributed by atoms with Crippen LogP contribution in [0, 0.1) is 0 Å². The van der Waals surface area contributed by atoms with Crippen LogP contribution in [-0.4, -0.2) is 63.4 Å². The number of nitrogens with zero attached hydrogens (tertiary/aromatic N) is 2. The average Bonchev–Trinajstić information content (AvgIpc) is 2.56. The van der Waals surface area contributed by atoms with E-state index in [0.717, 1.165) is 5.56 Å². The van der Waals surface area contributed by atoms with Gasteiger partial charge in [0, 0.05) is 39.8 Å². The normalized spacial score (nSPS) is 12.1. The Hall–Kier alpha value is -1.36. The lowest BCUT2D eigenvalue weighted by molar-refractivity contribution is 0.0827. The summed E-state index contributed by atoms with van der Waals surface area (Å²) in [5.41, 5.74) is 1.62. The van der Waals surface area contributed by atoms with Crippen molar-refractivity contribution in [3.8, 4) is 0 Å². The molecular weight excluding hydrogens is 479 g/mol. The molecule has 0 heterocycles. The smallest absolute Gasteiger partial charge is 0.253 e. The average molecular weight is 510 g/mol. The first-order valence-corrected chi connectivity index (χ1v) is 10.1. The Kier molecular flexibility index (Phi) is 10.3. The van der Waals surface area contributed by atoms with Crippen molar-refractivity contribution in [2.75, 3.05) is 33.4 Å². The van der Waals surface area contributed by atoms with Crippen molar-refractivity contribution < 1.29 is 13.2 Å². The molecule has 2 N–H and O–H groups in total. The molecule has 0 aliphatic rings. The number of aliphatic imine (C=N–C) groups is 1. The molecule has 0 saturated heterocycles. The third-order valence-electron chi connectivity index (χ3n) is 3.89. The molecule has 0 saturated carbocycles. The van der Waals surface area contributed by atoms with Gasteiger partial charge in [-0.25, -0.2) is 8.42 Å². The van der Waals surface area contributed by atoms with Crippen molar-refractivity contribution >= 4 is 45.7 Å². The second-order valence-electron chi connectivity index (χ2n) is 7.18. The number of amides is 1. The predicted octanol–water partition coefficient (Wildman–Crippen LogP) is 1.88. The number of sulfone groups is 1. The van der Waals surface area contributed by atoms with E-state index >= 15 is 0 Å². The number of hydrogen-bond donors (Lipinski definition) is 2. The van der Waals surface area contributed by atoms with Crippen LogP contribution in [-0.2, 0) is 16.4 Å². The molecule has 7 nitrogen and oxygen atoms in total. The zero-order chi connectivity index (χ0) is 20.0. The van der Waals surface area contributed by atoms with E-state index in [9.17, 15) is 13.2 Å². The van der Waals surface area contributed by atoms with E-state index in [2.05, 4.69) is 15.6 Å². The standard InChI is InChI=1S/C18H30N4O3S.HI/c1-18(2,3)26(24,25)12-11-20-17(19-4)21-13-14-7-9-15(10-8-14)16(23)22(5)6;/h7-10H,11-13H2,1-6H3,(H2,19,20,21);1H. The first-order chi connectivity index (χ1) is 12.0. The zero-order valence-electron chi connectivity index (χ0n) is 16.9. The van der Waals surface area contributed by atoms with Crippen molar-refractivity contribution in [3.63, 3.8) is 0 Å². The van der Waals surface area contributed by atoms with Crippen LogP contribution in [0.4, 0.5) is 0 Å². The lowest BCUT2D eigenvalue weighted by Gasteiger charge is -2.19. The van der Waals surface area contributed by atoms with Crippen LogP contribution in [0.3, 0.4) is 0 Å². The molecule has 0 bridgehead atoms. The van der Waals surface area contributed by atoms with Gasteiger partial charge in [-0.1, -0.05) is 12.1 Å². The minimum absolute atomic E-state index is 0. The SMILES string of the molecule is CN=C(NCCS(=O)(=O)C(C)(C)C)NCc1ccc(C(=O)N(C)C)cc1.I. The lowest BCUT2D eigenvalue weighted by atomic mass is 10.1. The van der Waals surface area contributed by atoms with Crippen LogP contribution in [0.25, 0.3) is 0 Å². The maximum absolute atomic E-state index is 12.1. The summed E-state index contributed by atoms with van der Waals surface area (Å²) in [6, 6.07) is 7.32. The molecular formula is C18H31IN4O3S. The van der Waals surface area contributed by atoms with Crippen molar-refractivity contribution in [1.82, 2.24) is 15.5 Å². The van der Waals surface area contributed by atoms with Crippen molar-refractivity contribution in [2.24, 2.45) is 4.99 Å². The fraction of sp³-hybridized carbons (Fsp3) is 0.556. The zero-order valence-corrected chi connectivity index (χ0v) is 20.0. The third kappa shape index (κ3) is 8.04. The van der Waals surface area contributed by atoms with Crippen LogP contribution in [0.2, 0.25) is 0 Å². The Morgan fingerprint density at radius 1 is 1.11 bits per heavy atom. The summed E-state index contributed by atoms with van der Waals surface area (Å²) in [5.74, 6) is 0.531. The van der Waals surface area contributed by atoms with Gasteiger partial charge in [0.05, 0.1) is 10.5 Å². The first-order valence-electron chi connectivity index (χ1n) is 8.45. The molecule has 1 aromatic carbocycles. The summed E-state index contributed by atoms with van der Waals surface area (Å²) in [6.45, 7) is 5.89. The second-order valence-corrected chi connectivity index (χ2v) is 10.0. The Labute approximate surface area is 179 Å². The number of benzene rings is 1. The van der Waals surface area contributed by atoms with E-state index in [1.807, 2.05) is 12.1 Å². The Morgan fingerprint density at radius 3 is 2.11 bits per heavy atom. The van der Waals surface area contributed by atoms with E-state index in [0.29, 0.717) is 18.1 Å². The van der Waals surface area contributed by atoms with Crippen molar-refractivity contribution in [3.05, 3.63) is 35.4 Å². The van der Waals surface area contributed by atoms with Crippen LogP contribution in [0.1, 0.15) is 36.7 Å². The third-order valence-corrected chi connectivity index (χ3v) is 6.49. The van der Waals surface area contributed by atoms with Crippen molar-refractivity contribution in [2.45, 2.75) is 32.1 Å². The Morgan fingerprint density at radius 2 is 1.67 bits per heavy atom. The van der Waals surface area contributed by atoms with Crippen LogP contribution in [0.5, 0.6) is 0 Å². The predicted molar refractivity (Wildman–Crippen MR) is 122 cm³/mol. The molecule has 0 unspecified atom stereocenters. The summed E-state index contributed by atoms with van der Waals surface area (Å²) in [5, 5.41) is 6.14. The highest BCUT2D eigenvalue weighted by Gasteiger charge is 2.28. The highest BCUT2D eigenvalue weighted by molar-refractivity contribution is 14.0. The number of hydrogen-bond acceptors (Lipinski definition) is 4. The molecule has 154 valence electrons. The number of halogens is 1. The molecule has 1 aromatic rings. The van der Waals surface area contributed by atoms with E-state index in [1.165, 1.54) is 4.90 Å². The highest BCUT2D eigenvalue weighted by Crippen LogP contribution is 2.15. The largest absolute Gasteiger partial charge is 0.355 e. The number of rotatable bonds is 6. The van der Waals surface area contributed by atoms with Gasteiger partial charge in [-0.15, -0.1) is 24.0 Å². The molecule has 1 rings (SSSR count). The molecule has 27 heavy (non-hydrogen) atoms. The van der Waals surface area contributed by atoms with Crippen LogP contribution >= 0.6 is 24.0 Å². The van der Waals surface area contributed by atoms with E-state index in [4.69, 9.17) is 0 Å². The molecule has 9 heteroatoms. The van der Waals surface area contributed by atoms with E-state index < -0.39 is 14.6 Å². The molecule has 1 amide bonds. The lowest BCUT2D eigenvalue weighted by Crippen LogP contribution is -2.41. The quantitative estimate of drug-likeness (QED) is 0.347. The topological polar surface area (TPSA) is 90.9 Å². The maximum Gasteiger partial charge on any atom is 0.253 e. The molecule has 0 aliphatic carbocycles. The van der Waals surface area contributed by atoms with Gasteiger partial charge in [0.2, 0.25) is 0 Å². The Balaban J connectivity index is 0.00000676. The Bertz CT molecular complexity index is 739. The first kappa shape index (κ1) is 25.6. The van der Waals surface area contributed by atoms with Gasteiger partial charge in [-0.3, -0.25) is 9.79 Å². The molecule has 0 radical (unpaired) electrons. The number of guanidine groups is 1. The molecule has 0 spiro atoms. The summed E-state index contributed by atoms with van der Waals surface area (Å²) in [7, 11) is 1.89. The highest BCUT2D eigenvalue weighted by atomic mass is 127. The van der Waals surface area contributed by atoms with Crippen LogP contribution < -0.4 is 10.6 Å². The minimum atomic E-state index is -3.17. The van der Waals surface area contributed by atoms with Gasteiger partial charge in [0.1, 0.15) is 0 Å². The minimum Gasteiger partial charge on any atom is -0.355 e. The number of carbonyl (C=O) groups excluding carboxylic acids is 1. The fourth-order valence-corrected chi connectivity index (χ4v) is 3.02. The second kappa shape index (κ2) is 10.8. The van der Waals surface area contributed by atoms with Crippen LogP contribution in [0.15, 0.2) is 29.3 Å². The maximum atomic E-state index is 12.1. The van der Waals surface area contributed by atoms with Crippen molar-refractivity contribution in [1.29, 1.82) is 0 Å². The fourth-order valence-electron chi connectivity index (χ4n) is 2.04. The van der Waals surface area contributed by atoms with E-state index in [-0.39, 0.29) is 42.2 Å². The van der Waals surface area contributed by atoms with Gasteiger partial charge in [0.15, 0.2) is 15.8 Å². The van der Waals surface area contributed by atoms with Gasteiger partial charge >= 0.3 is 0 Å². The summed E-state index contributed by atoms with van der Waals surface area (Å²) in [4.78, 5) is 17.5. The van der Waals surface area contributed by atoms with E-state index in [1.54, 1.807) is 54.0 Å². The molecule has 0 aromatic heterocycles. The number of carbonyl (C=O) groups is 1. The summed E-state index contributed by atoms with van der Waals surface area (Å²) < 4.78 is 23.4. The van der Waals surface area contributed by atoms with Gasteiger partial charge in [0.25, 0.3) is 5.91 Å². The van der Waals surface area contributed by atoms with Gasteiger partial charge in [-0.2, -0.15) is 0 Å². The van der Waals surface area contributed by atoms with Gasteiger partial charge in [-0.05, 0) is 38.5 Å². The molecule has 0 aliphatic heterocycles. The summed E-state index contributed by atoms with van der Waals surface area (Å²) in [6.07, 6.45) is 0.